The molecule has 1 saturated carbocycles. The van der Waals surface area contributed by atoms with Gasteiger partial charge in [0.15, 0.2) is 0 Å². The lowest BCUT2D eigenvalue weighted by atomic mass is 9.71. The van der Waals surface area contributed by atoms with E-state index in [1.807, 2.05) is 0 Å². The summed E-state index contributed by atoms with van der Waals surface area (Å²) in [5.41, 5.74) is -0.705. The third kappa shape index (κ3) is 0.980. The second kappa shape index (κ2) is 2.58. The standard InChI is InChI=1S/C10H15N3O/c1-13-7-4-8(13)6-10(14,5-7)9-11-2-3-12-9/h2-3,7-8,14H,4-6H2,1H3,(H,11,12). The Morgan fingerprint density at radius 2 is 2.29 bits per heavy atom. The Hall–Kier alpha value is -0.870. The first-order valence-corrected chi connectivity index (χ1v) is 5.13. The highest BCUT2D eigenvalue weighted by Gasteiger charge is 2.51. The van der Waals surface area contributed by atoms with Crippen LogP contribution in [0.3, 0.4) is 0 Å². The van der Waals surface area contributed by atoms with Crippen molar-refractivity contribution in [1.82, 2.24) is 14.9 Å². The topological polar surface area (TPSA) is 52.1 Å². The van der Waals surface area contributed by atoms with E-state index in [0.29, 0.717) is 12.1 Å². The average molecular weight is 193 g/mol. The number of H-pyrrole nitrogens is 1. The number of rotatable bonds is 1. The molecule has 1 aliphatic carbocycles. The summed E-state index contributed by atoms with van der Waals surface area (Å²) in [6, 6.07) is 1.09. The van der Waals surface area contributed by atoms with Gasteiger partial charge in [-0.05, 0) is 26.3 Å². The summed E-state index contributed by atoms with van der Waals surface area (Å²) in [7, 11) is 2.14. The predicted octanol–water partition coefficient (Wildman–Crippen LogP) is 0.464. The maximum absolute atomic E-state index is 10.4. The molecule has 4 nitrogen and oxygen atoms in total. The average Bonchev–Trinajstić information content (AvgIpc) is 2.70. The molecular weight excluding hydrogens is 178 g/mol. The number of fused-ring (bicyclic) bond motifs is 2. The molecule has 3 aliphatic rings. The molecule has 2 aliphatic heterocycles. The first kappa shape index (κ1) is 8.44. The Balaban J connectivity index is 1.87. The zero-order valence-electron chi connectivity index (χ0n) is 8.27. The van der Waals surface area contributed by atoms with Gasteiger partial charge in [0.05, 0.1) is 0 Å². The van der Waals surface area contributed by atoms with Gasteiger partial charge in [0.25, 0.3) is 0 Å². The van der Waals surface area contributed by atoms with E-state index in [1.54, 1.807) is 12.4 Å². The molecular formula is C10H15N3O. The van der Waals surface area contributed by atoms with Crippen LogP contribution < -0.4 is 0 Å². The van der Waals surface area contributed by atoms with Gasteiger partial charge in [0, 0.05) is 24.5 Å². The van der Waals surface area contributed by atoms with Crippen molar-refractivity contribution in [2.24, 2.45) is 0 Å². The Morgan fingerprint density at radius 1 is 1.57 bits per heavy atom. The minimum Gasteiger partial charge on any atom is -0.382 e. The van der Waals surface area contributed by atoms with E-state index >= 15 is 0 Å². The van der Waals surface area contributed by atoms with Crippen molar-refractivity contribution >= 4 is 0 Å². The van der Waals surface area contributed by atoms with E-state index < -0.39 is 5.60 Å². The maximum atomic E-state index is 10.4. The van der Waals surface area contributed by atoms with Crippen molar-refractivity contribution in [1.29, 1.82) is 0 Å². The normalized spacial score (nSPS) is 42.1. The zero-order chi connectivity index (χ0) is 9.76. The molecule has 2 bridgehead atoms. The highest BCUT2D eigenvalue weighted by atomic mass is 16.3. The zero-order valence-corrected chi connectivity index (χ0v) is 8.27. The number of aromatic amines is 1. The second-order valence-corrected chi connectivity index (χ2v) is 4.59. The molecule has 2 saturated heterocycles. The van der Waals surface area contributed by atoms with E-state index in [2.05, 4.69) is 21.9 Å². The fourth-order valence-electron chi connectivity index (χ4n) is 2.84. The van der Waals surface area contributed by atoms with Crippen LogP contribution in [0.4, 0.5) is 0 Å². The van der Waals surface area contributed by atoms with Gasteiger partial charge in [0.2, 0.25) is 0 Å². The van der Waals surface area contributed by atoms with Crippen LogP contribution in [0.1, 0.15) is 25.1 Å². The van der Waals surface area contributed by atoms with Crippen LogP contribution in [-0.4, -0.2) is 39.1 Å². The molecule has 2 unspecified atom stereocenters. The smallest absolute Gasteiger partial charge is 0.138 e. The Labute approximate surface area is 83.0 Å². The van der Waals surface area contributed by atoms with E-state index in [0.717, 1.165) is 18.7 Å². The molecule has 1 aromatic rings. The van der Waals surface area contributed by atoms with Gasteiger partial charge in [0.1, 0.15) is 11.4 Å². The van der Waals surface area contributed by atoms with E-state index in [9.17, 15) is 5.11 Å². The lowest BCUT2D eigenvalue weighted by Gasteiger charge is -2.56. The molecule has 3 fully saturated rings. The first-order valence-electron chi connectivity index (χ1n) is 5.13. The van der Waals surface area contributed by atoms with Gasteiger partial charge in [-0.15, -0.1) is 0 Å². The number of aromatic nitrogens is 2. The van der Waals surface area contributed by atoms with Crippen LogP contribution in [-0.2, 0) is 5.60 Å². The number of aliphatic hydroxyl groups is 1. The Bertz CT molecular complexity index is 323. The van der Waals surface area contributed by atoms with Gasteiger partial charge in [-0.1, -0.05) is 0 Å². The highest BCUT2D eigenvalue weighted by Crippen LogP contribution is 2.45. The molecule has 2 N–H and O–H groups in total. The summed E-state index contributed by atoms with van der Waals surface area (Å²) < 4.78 is 0. The largest absolute Gasteiger partial charge is 0.382 e. The van der Waals surface area contributed by atoms with E-state index in [4.69, 9.17) is 0 Å². The van der Waals surface area contributed by atoms with Gasteiger partial charge < -0.3 is 15.0 Å². The molecule has 0 aromatic carbocycles. The minimum absolute atomic E-state index is 0.545. The van der Waals surface area contributed by atoms with Gasteiger partial charge in [-0.2, -0.15) is 0 Å². The lowest BCUT2D eigenvalue weighted by Crippen LogP contribution is -2.63. The van der Waals surface area contributed by atoms with Crippen molar-refractivity contribution in [3.05, 3.63) is 18.2 Å². The van der Waals surface area contributed by atoms with Gasteiger partial charge in [-0.3, -0.25) is 0 Å². The van der Waals surface area contributed by atoms with Crippen LogP contribution in [0.25, 0.3) is 0 Å². The number of nitrogens with one attached hydrogen (secondary N) is 1. The van der Waals surface area contributed by atoms with Crippen LogP contribution in [0.5, 0.6) is 0 Å². The third-order valence-corrected chi connectivity index (χ3v) is 3.78. The van der Waals surface area contributed by atoms with Crippen LogP contribution in [0.15, 0.2) is 12.4 Å². The fourth-order valence-corrected chi connectivity index (χ4v) is 2.84. The molecule has 76 valence electrons. The second-order valence-electron chi connectivity index (χ2n) is 4.59. The lowest BCUT2D eigenvalue weighted by molar-refractivity contribution is -0.132. The number of piperidine rings is 1. The predicted molar refractivity (Wildman–Crippen MR) is 51.7 cm³/mol. The molecule has 14 heavy (non-hydrogen) atoms. The van der Waals surface area contributed by atoms with Crippen molar-refractivity contribution < 1.29 is 5.11 Å². The fraction of sp³-hybridized carbons (Fsp3) is 0.700. The number of imidazole rings is 1. The SMILES string of the molecule is CN1C2CC1CC(O)(c1ncc[nH]1)C2. The molecule has 1 aromatic heterocycles. The van der Waals surface area contributed by atoms with E-state index in [1.165, 1.54) is 6.42 Å². The number of hydrogen-bond donors (Lipinski definition) is 2. The Morgan fingerprint density at radius 3 is 2.79 bits per heavy atom. The third-order valence-electron chi connectivity index (χ3n) is 3.78. The summed E-state index contributed by atoms with van der Waals surface area (Å²) in [5, 5.41) is 10.4. The summed E-state index contributed by atoms with van der Waals surface area (Å²) in [6.45, 7) is 0. The van der Waals surface area contributed by atoms with Crippen LogP contribution >= 0.6 is 0 Å². The van der Waals surface area contributed by atoms with Crippen molar-refractivity contribution in [2.75, 3.05) is 7.05 Å². The summed E-state index contributed by atoms with van der Waals surface area (Å²) >= 11 is 0. The summed E-state index contributed by atoms with van der Waals surface area (Å²) in [5.74, 6) is 0.736. The number of nitrogens with zero attached hydrogens (tertiary/aromatic N) is 2. The van der Waals surface area contributed by atoms with Crippen LogP contribution in [0.2, 0.25) is 0 Å². The van der Waals surface area contributed by atoms with Crippen molar-refractivity contribution in [3.63, 3.8) is 0 Å². The summed E-state index contributed by atoms with van der Waals surface area (Å²) in [4.78, 5) is 9.55. The van der Waals surface area contributed by atoms with Crippen molar-refractivity contribution in [2.45, 2.75) is 36.9 Å². The van der Waals surface area contributed by atoms with Gasteiger partial charge in [-0.25, -0.2) is 4.98 Å². The molecule has 0 spiro atoms. The summed E-state index contributed by atoms with van der Waals surface area (Å²) in [6.07, 6.45) is 6.34. The molecule has 3 heterocycles. The highest BCUT2D eigenvalue weighted by molar-refractivity contribution is 5.12. The van der Waals surface area contributed by atoms with Crippen molar-refractivity contribution in [3.8, 4) is 0 Å². The maximum Gasteiger partial charge on any atom is 0.138 e. The van der Waals surface area contributed by atoms with Gasteiger partial charge >= 0.3 is 0 Å². The molecule has 0 radical (unpaired) electrons. The van der Waals surface area contributed by atoms with E-state index in [-0.39, 0.29) is 0 Å². The van der Waals surface area contributed by atoms with Crippen LogP contribution in [0, 0.1) is 0 Å². The molecule has 2 atom stereocenters. The first-order chi connectivity index (χ1) is 6.69. The Kier molecular flexibility index (Phi) is 1.56. The quantitative estimate of drug-likeness (QED) is 0.681. The molecule has 4 heteroatoms. The monoisotopic (exact) mass is 193 g/mol. The number of hydrogen-bond acceptors (Lipinski definition) is 3. The minimum atomic E-state index is -0.705. The molecule has 0 amide bonds. The molecule has 4 rings (SSSR count).